The van der Waals surface area contributed by atoms with Crippen molar-refractivity contribution < 1.29 is 13.9 Å². The van der Waals surface area contributed by atoms with E-state index in [0.717, 1.165) is 12.0 Å². The van der Waals surface area contributed by atoms with Crippen molar-refractivity contribution in [3.63, 3.8) is 0 Å². The average Bonchev–Trinajstić information content (AvgIpc) is 3.15. The average molecular weight is 303 g/mol. The van der Waals surface area contributed by atoms with Gasteiger partial charge >= 0.3 is 0 Å². The summed E-state index contributed by atoms with van der Waals surface area (Å²) in [4.78, 5) is 11.7. The lowest BCUT2D eigenvalue weighted by Gasteiger charge is -2.12. The van der Waals surface area contributed by atoms with Gasteiger partial charge in [0, 0.05) is 25.6 Å². The molecule has 3 unspecified atom stereocenters. The molecule has 3 N–H and O–H groups in total. The quantitative estimate of drug-likeness (QED) is 0.838. The van der Waals surface area contributed by atoms with Gasteiger partial charge in [-0.2, -0.15) is 0 Å². The molecule has 2 rings (SSSR count). The van der Waals surface area contributed by atoms with Crippen molar-refractivity contribution in [2.45, 2.75) is 30.9 Å². The van der Waals surface area contributed by atoms with Crippen molar-refractivity contribution in [3.8, 4) is 0 Å². The maximum atomic E-state index is 13.1. The standard InChI is InChI=1S/C14H19FN2O2.ClH/c1-19-11(8-16)6-14(18)17-13-7-12(13)9-3-2-4-10(15)5-9;/h2-5,11-13H,6-8,16H2,1H3,(H,17,18);1H. The Hall–Kier alpha value is -1.17. The molecule has 1 aromatic carbocycles. The van der Waals surface area contributed by atoms with E-state index in [-0.39, 0.29) is 48.6 Å². The number of benzene rings is 1. The van der Waals surface area contributed by atoms with E-state index in [9.17, 15) is 9.18 Å². The number of hydrogen-bond donors (Lipinski definition) is 2. The van der Waals surface area contributed by atoms with Crippen LogP contribution in [0.15, 0.2) is 24.3 Å². The van der Waals surface area contributed by atoms with Gasteiger partial charge in [0.15, 0.2) is 0 Å². The molecule has 1 saturated carbocycles. The van der Waals surface area contributed by atoms with Gasteiger partial charge in [-0.15, -0.1) is 12.4 Å². The number of nitrogens with two attached hydrogens (primary N) is 1. The first-order valence-corrected chi connectivity index (χ1v) is 6.41. The monoisotopic (exact) mass is 302 g/mol. The molecule has 6 heteroatoms. The second-order valence-electron chi connectivity index (χ2n) is 4.87. The summed E-state index contributed by atoms with van der Waals surface area (Å²) in [5.41, 5.74) is 6.40. The molecule has 1 aliphatic rings. The number of hydrogen-bond acceptors (Lipinski definition) is 3. The van der Waals surface area contributed by atoms with Crippen LogP contribution in [0.3, 0.4) is 0 Å². The van der Waals surface area contributed by atoms with Crippen molar-refractivity contribution in [1.82, 2.24) is 5.32 Å². The Balaban J connectivity index is 0.00000200. The summed E-state index contributed by atoms with van der Waals surface area (Å²) >= 11 is 0. The minimum Gasteiger partial charge on any atom is -0.380 e. The number of methoxy groups -OCH3 is 1. The number of ether oxygens (including phenoxy) is 1. The van der Waals surface area contributed by atoms with Gasteiger partial charge in [0.2, 0.25) is 5.91 Å². The van der Waals surface area contributed by atoms with E-state index in [1.165, 1.54) is 19.2 Å². The second-order valence-corrected chi connectivity index (χ2v) is 4.87. The van der Waals surface area contributed by atoms with Crippen LogP contribution in [0.1, 0.15) is 24.3 Å². The van der Waals surface area contributed by atoms with Crippen LogP contribution in [-0.4, -0.2) is 31.7 Å². The van der Waals surface area contributed by atoms with Crippen LogP contribution in [0.25, 0.3) is 0 Å². The zero-order chi connectivity index (χ0) is 13.8. The topological polar surface area (TPSA) is 64.3 Å². The molecule has 1 fully saturated rings. The molecule has 112 valence electrons. The predicted molar refractivity (Wildman–Crippen MR) is 77.4 cm³/mol. The van der Waals surface area contributed by atoms with Crippen LogP contribution >= 0.6 is 12.4 Å². The van der Waals surface area contributed by atoms with Crippen molar-refractivity contribution >= 4 is 18.3 Å². The van der Waals surface area contributed by atoms with Crippen LogP contribution in [0.2, 0.25) is 0 Å². The number of rotatable bonds is 6. The fourth-order valence-corrected chi connectivity index (χ4v) is 2.20. The summed E-state index contributed by atoms with van der Waals surface area (Å²) in [5.74, 6) is -0.0863. The van der Waals surface area contributed by atoms with Crippen molar-refractivity contribution in [2.75, 3.05) is 13.7 Å². The predicted octanol–water partition coefficient (Wildman–Crippen LogP) is 1.58. The van der Waals surface area contributed by atoms with E-state index in [0.29, 0.717) is 6.54 Å². The molecule has 0 spiro atoms. The maximum absolute atomic E-state index is 13.1. The van der Waals surface area contributed by atoms with Crippen LogP contribution < -0.4 is 11.1 Å². The molecule has 0 aliphatic heterocycles. The van der Waals surface area contributed by atoms with Gasteiger partial charge in [-0.3, -0.25) is 4.79 Å². The summed E-state index contributed by atoms with van der Waals surface area (Å²) in [6, 6.07) is 6.62. The Morgan fingerprint density at radius 1 is 1.60 bits per heavy atom. The Labute approximate surface area is 124 Å². The molecule has 20 heavy (non-hydrogen) atoms. The van der Waals surface area contributed by atoms with E-state index in [1.807, 2.05) is 6.07 Å². The molecule has 1 aliphatic carbocycles. The highest BCUT2D eigenvalue weighted by Crippen LogP contribution is 2.40. The van der Waals surface area contributed by atoms with Gasteiger partial charge in [0.05, 0.1) is 12.5 Å². The SMILES string of the molecule is COC(CN)CC(=O)NC1CC1c1cccc(F)c1.Cl. The summed E-state index contributed by atoms with van der Waals surface area (Å²) < 4.78 is 18.2. The van der Waals surface area contributed by atoms with Crippen LogP contribution in [0.5, 0.6) is 0 Å². The minimum absolute atomic E-state index is 0. The molecule has 0 saturated heterocycles. The minimum atomic E-state index is -0.244. The van der Waals surface area contributed by atoms with Gasteiger partial charge in [0.25, 0.3) is 0 Å². The molecular weight excluding hydrogens is 283 g/mol. The summed E-state index contributed by atoms with van der Waals surface area (Å²) in [6.45, 7) is 0.321. The van der Waals surface area contributed by atoms with Gasteiger partial charge < -0.3 is 15.8 Å². The Morgan fingerprint density at radius 3 is 2.95 bits per heavy atom. The van der Waals surface area contributed by atoms with Crippen LogP contribution in [-0.2, 0) is 9.53 Å². The fraction of sp³-hybridized carbons (Fsp3) is 0.500. The normalized spacial score (nSPS) is 21.8. The fourth-order valence-electron chi connectivity index (χ4n) is 2.20. The lowest BCUT2D eigenvalue weighted by molar-refractivity contribution is -0.123. The molecule has 3 atom stereocenters. The van der Waals surface area contributed by atoms with E-state index >= 15 is 0 Å². The molecule has 0 heterocycles. The Kier molecular flexibility index (Phi) is 6.39. The first-order valence-electron chi connectivity index (χ1n) is 6.41. The van der Waals surface area contributed by atoms with Crippen LogP contribution in [0, 0.1) is 5.82 Å². The van der Waals surface area contributed by atoms with E-state index in [4.69, 9.17) is 10.5 Å². The van der Waals surface area contributed by atoms with E-state index in [2.05, 4.69) is 5.32 Å². The maximum Gasteiger partial charge on any atom is 0.222 e. The van der Waals surface area contributed by atoms with E-state index < -0.39 is 0 Å². The third-order valence-corrected chi connectivity index (χ3v) is 3.42. The van der Waals surface area contributed by atoms with Gasteiger partial charge in [-0.1, -0.05) is 12.1 Å². The molecule has 0 aromatic heterocycles. The van der Waals surface area contributed by atoms with Crippen molar-refractivity contribution in [3.05, 3.63) is 35.6 Å². The number of halogens is 2. The summed E-state index contributed by atoms with van der Waals surface area (Å²) in [6.07, 6.45) is 0.876. The first kappa shape index (κ1) is 16.9. The van der Waals surface area contributed by atoms with Crippen LogP contribution in [0.4, 0.5) is 4.39 Å². The molecule has 1 aromatic rings. The number of nitrogens with one attached hydrogen (secondary N) is 1. The highest BCUT2D eigenvalue weighted by molar-refractivity contribution is 5.85. The Bertz CT molecular complexity index is 455. The lowest BCUT2D eigenvalue weighted by atomic mass is 10.1. The van der Waals surface area contributed by atoms with Crippen molar-refractivity contribution in [2.24, 2.45) is 5.73 Å². The molecule has 0 bridgehead atoms. The third-order valence-electron chi connectivity index (χ3n) is 3.42. The molecular formula is C14H20ClFN2O2. The molecule has 4 nitrogen and oxygen atoms in total. The van der Waals surface area contributed by atoms with Gasteiger partial charge in [-0.25, -0.2) is 4.39 Å². The van der Waals surface area contributed by atoms with Gasteiger partial charge in [0.1, 0.15) is 5.82 Å². The first-order chi connectivity index (χ1) is 9.13. The molecule has 0 radical (unpaired) electrons. The summed E-state index contributed by atoms with van der Waals surface area (Å²) in [5, 5.41) is 2.92. The number of carbonyl (C=O) groups excluding carboxylic acids is 1. The smallest absolute Gasteiger partial charge is 0.222 e. The molecule has 1 amide bonds. The van der Waals surface area contributed by atoms with Gasteiger partial charge in [-0.05, 0) is 24.1 Å². The number of carbonyl (C=O) groups is 1. The highest BCUT2D eigenvalue weighted by atomic mass is 35.5. The zero-order valence-corrected chi connectivity index (χ0v) is 12.2. The zero-order valence-electron chi connectivity index (χ0n) is 11.3. The second kappa shape index (κ2) is 7.57. The van der Waals surface area contributed by atoms with Crippen molar-refractivity contribution in [1.29, 1.82) is 0 Å². The Morgan fingerprint density at radius 2 is 2.35 bits per heavy atom. The highest BCUT2D eigenvalue weighted by Gasteiger charge is 2.39. The number of amides is 1. The van der Waals surface area contributed by atoms with E-state index in [1.54, 1.807) is 6.07 Å². The summed E-state index contributed by atoms with van der Waals surface area (Å²) in [7, 11) is 1.54. The lowest BCUT2D eigenvalue weighted by Crippen LogP contribution is -2.33. The largest absolute Gasteiger partial charge is 0.380 e. The third kappa shape index (κ3) is 4.44.